The van der Waals surface area contributed by atoms with E-state index in [1.54, 1.807) is 29.5 Å². The van der Waals surface area contributed by atoms with E-state index in [2.05, 4.69) is 11.4 Å². The van der Waals surface area contributed by atoms with Crippen molar-refractivity contribution < 1.29 is 4.39 Å². The van der Waals surface area contributed by atoms with Gasteiger partial charge in [-0.25, -0.2) is 4.39 Å². The number of hydrogen-bond acceptors (Lipinski definition) is 2. The van der Waals surface area contributed by atoms with E-state index in [0.717, 1.165) is 6.42 Å². The zero-order valence-electron chi connectivity index (χ0n) is 9.41. The maximum atomic E-state index is 13.9. The van der Waals surface area contributed by atoms with Gasteiger partial charge in [-0.2, -0.15) is 0 Å². The lowest BCUT2D eigenvalue weighted by atomic mass is 10.0. The molecule has 0 spiro atoms. The first-order valence-corrected chi connectivity index (χ1v) is 6.61. The highest BCUT2D eigenvalue weighted by Crippen LogP contribution is 2.26. The number of nitrogens with one attached hydrogen (secondary N) is 1. The zero-order chi connectivity index (χ0) is 12.3. The molecule has 0 aliphatic rings. The van der Waals surface area contributed by atoms with Crippen molar-refractivity contribution in [2.24, 2.45) is 0 Å². The quantitative estimate of drug-likeness (QED) is 0.883. The number of thiophene rings is 1. The van der Waals surface area contributed by atoms with Crippen LogP contribution in [0.2, 0.25) is 5.02 Å². The van der Waals surface area contributed by atoms with Crippen molar-refractivity contribution in [1.82, 2.24) is 5.32 Å². The Bertz CT molecular complexity index is 484. The monoisotopic (exact) mass is 269 g/mol. The molecule has 1 nitrogen and oxygen atoms in total. The van der Waals surface area contributed by atoms with E-state index in [4.69, 9.17) is 11.6 Å². The second-order valence-corrected chi connectivity index (χ2v) is 5.21. The van der Waals surface area contributed by atoms with E-state index >= 15 is 0 Å². The first kappa shape index (κ1) is 12.6. The zero-order valence-corrected chi connectivity index (χ0v) is 11.0. The topological polar surface area (TPSA) is 12.0 Å². The molecule has 1 heterocycles. The standard InChI is InChI=1S/C13H13ClFNS/c1-16-12(8-9-4-3-7-17-9)10-5-2-6-11(14)13(10)15/h2-7,12,16H,8H2,1H3. The molecule has 17 heavy (non-hydrogen) atoms. The third-order valence-electron chi connectivity index (χ3n) is 2.69. The van der Waals surface area contributed by atoms with E-state index < -0.39 is 0 Å². The summed E-state index contributed by atoms with van der Waals surface area (Å²) in [4.78, 5) is 1.23. The lowest BCUT2D eigenvalue weighted by molar-refractivity contribution is 0.536. The van der Waals surface area contributed by atoms with E-state index in [1.165, 1.54) is 4.88 Å². The fraction of sp³-hybridized carbons (Fsp3) is 0.231. The van der Waals surface area contributed by atoms with Crippen LogP contribution in [0.3, 0.4) is 0 Å². The second kappa shape index (κ2) is 5.63. The number of hydrogen-bond donors (Lipinski definition) is 1. The molecule has 0 radical (unpaired) electrons. The molecule has 2 aromatic rings. The van der Waals surface area contributed by atoms with E-state index in [0.29, 0.717) is 5.56 Å². The molecule has 0 fully saturated rings. The molecule has 90 valence electrons. The molecule has 1 aromatic carbocycles. The Labute approximate surface area is 109 Å². The maximum absolute atomic E-state index is 13.9. The smallest absolute Gasteiger partial charge is 0.146 e. The Morgan fingerprint density at radius 1 is 1.35 bits per heavy atom. The highest BCUT2D eigenvalue weighted by atomic mass is 35.5. The molecule has 0 aliphatic heterocycles. The summed E-state index contributed by atoms with van der Waals surface area (Å²) in [7, 11) is 1.83. The van der Waals surface area contributed by atoms with E-state index in [9.17, 15) is 4.39 Å². The van der Waals surface area contributed by atoms with Gasteiger partial charge in [0.2, 0.25) is 0 Å². The van der Waals surface area contributed by atoms with Crippen LogP contribution < -0.4 is 5.32 Å². The predicted octanol–water partition coefficient (Wildman–Crippen LogP) is 4.04. The molecular weight excluding hydrogens is 257 g/mol. The average Bonchev–Trinajstić information content (AvgIpc) is 2.83. The lowest BCUT2D eigenvalue weighted by Crippen LogP contribution is -2.19. The number of benzene rings is 1. The Kier molecular flexibility index (Phi) is 4.15. The van der Waals surface area contributed by atoms with Crippen LogP contribution in [0.5, 0.6) is 0 Å². The summed E-state index contributed by atoms with van der Waals surface area (Å²) in [6, 6.07) is 9.12. The third-order valence-corrected chi connectivity index (χ3v) is 3.88. The van der Waals surface area contributed by atoms with Crippen molar-refractivity contribution in [2.45, 2.75) is 12.5 Å². The molecule has 0 amide bonds. The summed E-state index contributed by atoms with van der Waals surface area (Å²) in [6.45, 7) is 0. The molecular formula is C13H13ClFNS. The van der Waals surface area contributed by atoms with Gasteiger partial charge in [0.25, 0.3) is 0 Å². The minimum atomic E-state index is -0.329. The molecule has 4 heteroatoms. The maximum Gasteiger partial charge on any atom is 0.146 e. The summed E-state index contributed by atoms with van der Waals surface area (Å²) in [5.41, 5.74) is 0.619. The SMILES string of the molecule is CNC(Cc1cccs1)c1cccc(Cl)c1F. The minimum absolute atomic E-state index is 0.0488. The van der Waals surface area contributed by atoms with Crippen molar-refractivity contribution in [3.05, 3.63) is 57.0 Å². The largest absolute Gasteiger partial charge is 0.313 e. The number of rotatable bonds is 4. The van der Waals surface area contributed by atoms with Crippen LogP contribution in [-0.4, -0.2) is 7.05 Å². The molecule has 1 atom stereocenters. The highest BCUT2D eigenvalue weighted by Gasteiger charge is 2.16. The number of likely N-dealkylation sites (N-methyl/N-ethyl adjacent to an activating group) is 1. The molecule has 1 N–H and O–H groups in total. The van der Waals surface area contributed by atoms with Crippen molar-refractivity contribution in [3.8, 4) is 0 Å². The lowest BCUT2D eigenvalue weighted by Gasteiger charge is -2.17. The molecule has 0 aliphatic carbocycles. The van der Waals surface area contributed by atoms with Gasteiger partial charge in [0.05, 0.1) is 5.02 Å². The Morgan fingerprint density at radius 2 is 2.18 bits per heavy atom. The van der Waals surface area contributed by atoms with E-state index in [-0.39, 0.29) is 16.9 Å². The fourth-order valence-electron chi connectivity index (χ4n) is 1.79. The summed E-state index contributed by atoms with van der Waals surface area (Å²) >= 11 is 7.47. The van der Waals surface area contributed by atoms with Gasteiger partial charge in [-0.15, -0.1) is 11.3 Å². The minimum Gasteiger partial charge on any atom is -0.313 e. The molecule has 0 saturated heterocycles. The van der Waals surface area contributed by atoms with Crippen LogP contribution in [0.4, 0.5) is 4.39 Å². The fourth-order valence-corrected chi connectivity index (χ4v) is 2.72. The van der Waals surface area contributed by atoms with Crippen LogP contribution in [0, 0.1) is 5.82 Å². The molecule has 1 aromatic heterocycles. The van der Waals surface area contributed by atoms with Crippen LogP contribution in [-0.2, 0) is 6.42 Å². The van der Waals surface area contributed by atoms with Gasteiger partial charge in [0.1, 0.15) is 5.82 Å². The van der Waals surface area contributed by atoms with Gasteiger partial charge in [-0.05, 0) is 24.6 Å². The molecule has 0 saturated carbocycles. The van der Waals surface area contributed by atoms with Crippen molar-refractivity contribution >= 4 is 22.9 Å². The summed E-state index contributed by atoms with van der Waals surface area (Å²) in [5.74, 6) is -0.329. The van der Waals surface area contributed by atoms with Crippen molar-refractivity contribution in [1.29, 1.82) is 0 Å². The highest BCUT2D eigenvalue weighted by molar-refractivity contribution is 7.09. The summed E-state index contributed by atoms with van der Waals surface area (Å²) < 4.78 is 13.9. The van der Waals surface area contributed by atoms with Gasteiger partial charge in [0, 0.05) is 22.9 Å². The van der Waals surface area contributed by atoms with Crippen LogP contribution in [0.1, 0.15) is 16.5 Å². The van der Waals surface area contributed by atoms with Gasteiger partial charge >= 0.3 is 0 Å². The predicted molar refractivity (Wildman–Crippen MR) is 71.2 cm³/mol. The van der Waals surface area contributed by atoms with Gasteiger partial charge in [-0.3, -0.25) is 0 Å². The summed E-state index contributed by atoms with van der Waals surface area (Å²) in [5, 5.41) is 5.33. The molecule has 2 rings (SSSR count). The second-order valence-electron chi connectivity index (χ2n) is 3.77. The van der Waals surface area contributed by atoms with Crippen molar-refractivity contribution in [3.63, 3.8) is 0 Å². The Balaban J connectivity index is 2.26. The van der Waals surface area contributed by atoms with Gasteiger partial charge in [0.15, 0.2) is 0 Å². The van der Waals surface area contributed by atoms with Crippen LogP contribution in [0.25, 0.3) is 0 Å². The first-order valence-electron chi connectivity index (χ1n) is 5.36. The Hall–Kier alpha value is -0.900. The average molecular weight is 270 g/mol. The first-order chi connectivity index (χ1) is 8.22. The van der Waals surface area contributed by atoms with Crippen LogP contribution in [0.15, 0.2) is 35.7 Å². The van der Waals surface area contributed by atoms with Gasteiger partial charge in [-0.1, -0.05) is 29.8 Å². The Morgan fingerprint density at radius 3 is 2.82 bits per heavy atom. The summed E-state index contributed by atoms with van der Waals surface area (Å²) in [6.07, 6.45) is 0.769. The van der Waals surface area contributed by atoms with E-state index in [1.807, 2.05) is 18.5 Å². The normalized spacial score (nSPS) is 12.6. The third kappa shape index (κ3) is 2.86. The molecule has 0 bridgehead atoms. The van der Waals surface area contributed by atoms with Gasteiger partial charge < -0.3 is 5.32 Å². The van der Waals surface area contributed by atoms with Crippen molar-refractivity contribution in [2.75, 3.05) is 7.05 Å². The number of halogens is 2. The molecule has 1 unspecified atom stereocenters. The van der Waals surface area contributed by atoms with Crippen LogP contribution >= 0.6 is 22.9 Å².